The zero-order valence-corrected chi connectivity index (χ0v) is 15.5. The Morgan fingerprint density at radius 1 is 1.05 bits per heavy atom. The van der Waals surface area contributed by atoms with Crippen molar-refractivity contribution in [1.82, 2.24) is 0 Å². The van der Waals surface area contributed by atoms with Gasteiger partial charge in [0.2, 0.25) is 0 Å². The lowest BCUT2D eigenvalue weighted by Crippen LogP contribution is -2.80. The quantitative estimate of drug-likeness (QED) is 0.754. The van der Waals surface area contributed by atoms with Crippen LogP contribution in [0.4, 0.5) is 0 Å². The first-order valence-electron chi connectivity index (χ1n) is 7.08. The van der Waals surface area contributed by atoms with Crippen LogP contribution in [-0.2, 0) is 13.1 Å². The Labute approximate surface area is 143 Å². The molecule has 0 bridgehead atoms. The van der Waals surface area contributed by atoms with E-state index in [1.165, 1.54) is 16.7 Å². The monoisotopic (exact) mass is 412 g/mol. The Bertz CT molecular complexity index is 596. The molecule has 0 radical (unpaired) electrons. The fourth-order valence-electron chi connectivity index (χ4n) is 2.19. The van der Waals surface area contributed by atoms with Crippen LogP contribution in [0.15, 0.2) is 45.3 Å². The summed E-state index contributed by atoms with van der Waals surface area (Å²) in [5.41, 5.74) is 3.84. The van der Waals surface area contributed by atoms with Crippen LogP contribution in [0, 0.1) is 6.92 Å². The fourth-order valence-corrected chi connectivity index (χ4v) is 3.62. The first-order chi connectivity index (χ1) is 10.1. The van der Waals surface area contributed by atoms with Crippen molar-refractivity contribution in [2.75, 3.05) is 6.61 Å². The Morgan fingerprint density at radius 2 is 1.76 bits per heavy atom. The number of aryl methyl sites for hydroxylation is 1. The predicted molar refractivity (Wildman–Crippen MR) is 93.5 cm³/mol. The molecule has 0 amide bonds. The van der Waals surface area contributed by atoms with Crippen molar-refractivity contribution in [1.29, 1.82) is 0 Å². The molecule has 0 heterocycles. The van der Waals surface area contributed by atoms with Gasteiger partial charge < -0.3 is 10.1 Å². The second kappa shape index (κ2) is 7.97. The Morgan fingerprint density at radius 3 is 2.43 bits per heavy atom. The molecule has 0 aliphatic heterocycles. The number of nitrogens with two attached hydrogens (primary N) is 1. The SMILES string of the molecule is CCOc1c(Br)cc(Br)cc1C[NH2+]Cc1ccc(C)cc1. The minimum absolute atomic E-state index is 0.672. The van der Waals surface area contributed by atoms with Gasteiger partial charge in [0.1, 0.15) is 18.8 Å². The molecule has 0 unspecified atom stereocenters. The van der Waals surface area contributed by atoms with E-state index in [0.29, 0.717) is 6.61 Å². The highest BCUT2D eigenvalue weighted by molar-refractivity contribution is 9.11. The van der Waals surface area contributed by atoms with Gasteiger partial charge in [-0.25, -0.2) is 0 Å². The van der Waals surface area contributed by atoms with E-state index in [4.69, 9.17) is 4.74 Å². The van der Waals surface area contributed by atoms with Gasteiger partial charge in [-0.15, -0.1) is 0 Å². The number of hydrogen-bond donors (Lipinski definition) is 1. The lowest BCUT2D eigenvalue weighted by Gasteiger charge is -2.12. The molecule has 0 saturated carbocycles. The number of halogens is 2. The number of quaternary nitrogens is 1. The lowest BCUT2D eigenvalue weighted by molar-refractivity contribution is -0.686. The summed E-state index contributed by atoms with van der Waals surface area (Å²) in [7, 11) is 0. The molecule has 0 atom stereocenters. The molecular weight excluding hydrogens is 394 g/mol. The molecular formula is C17H20Br2NO+. The van der Waals surface area contributed by atoms with Crippen LogP contribution in [-0.4, -0.2) is 6.61 Å². The third-order valence-corrected chi connectivity index (χ3v) is 4.29. The number of hydrogen-bond acceptors (Lipinski definition) is 1. The van der Waals surface area contributed by atoms with Crippen LogP contribution < -0.4 is 10.1 Å². The minimum Gasteiger partial charge on any atom is -0.492 e. The van der Waals surface area contributed by atoms with E-state index in [0.717, 1.165) is 27.8 Å². The molecule has 2 nitrogen and oxygen atoms in total. The summed E-state index contributed by atoms with van der Waals surface area (Å²) in [5.74, 6) is 0.945. The molecule has 0 fully saturated rings. The highest BCUT2D eigenvalue weighted by Crippen LogP contribution is 2.32. The van der Waals surface area contributed by atoms with Crippen LogP contribution in [0.1, 0.15) is 23.6 Å². The second-order valence-corrected chi connectivity index (χ2v) is 6.76. The molecule has 2 N–H and O–H groups in total. The zero-order valence-electron chi connectivity index (χ0n) is 12.3. The maximum atomic E-state index is 5.75. The van der Waals surface area contributed by atoms with Crippen molar-refractivity contribution in [2.45, 2.75) is 26.9 Å². The van der Waals surface area contributed by atoms with Gasteiger partial charge in [0.15, 0.2) is 0 Å². The standard InChI is InChI=1S/C17H19Br2NO/c1-3-21-17-14(8-15(18)9-16(17)19)11-20-10-13-6-4-12(2)5-7-13/h4-9,20H,3,10-11H2,1-2H3/p+1. The average Bonchev–Trinajstić information content (AvgIpc) is 2.44. The summed E-state index contributed by atoms with van der Waals surface area (Å²) in [4.78, 5) is 0. The summed E-state index contributed by atoms with van der Waals surface area (Å²) in [6.07, 6.45) is 0. The van der Waals surface area contributed by atoms with E-state index in [1.807, 2.05) is 13.0 Å². The average molecular weight is 414 g/mol. The summed E-state index contributed by atoms with van der Waals surface area (Å²) in [5, 5.41) is 2.29. The Hall–Kier alpha value is -0.840. The van der Waals surface area contributed by atoms with Gasteiger partial charge in [-0.3, -0.25) is 0 Å². The van der Waals surface area contributed by atoms with Gasteiger partial charge >= 0.3 is 0 Å². The van der Waals surface area contributed by atoms with E-state index >= 15 is 0 Å². The summed E-state index contributed by atoms with van der Waals surface area (Å²) < 4.78 is 7.82. The first kappa shape index (κ1) is 16.5. The fraction of sp³-hybridized carbons (Fsp3) is 0.294. The van der Waals surface area contributed by atoms with E-state index in [9.17, 15) is 0 Å². The smallest absolute Gasteiger partial charge is 0.142 e. The largest absolute Gasteiger partial charge is 0.492 e. The number of rotatable bonds is 6. The van der Waals surface area contributed by atoms with E-state index in [2.05, 4.69) is 74.4 Å². The van der Waals surface area contributed by atoms with Crippen molar-refractivity contribution in [2.24, 2.45) is 0 Å². The third-order valence-electron chi connectivity index (χ3n) is 3.24. The third kappa shape index (κ3) is 4.83. The van der Waals surface area contributed by atoms with Gasteiger partial charge in [0.25, 0.3) is 0 Å². The van der Waals surface area contributed by atoms with Gasteiger partial charge in [0, 0.05) is 10.0 Å². The highest BCUT2D eigenvalue weighted by atomic mass is 79.9. The first-order valence-corrected chi connectivity index (χ1v) is 8.66. The van der Waals surface area contributed by atoms with Crippen LogP contribution in [0.25, 0.3) is 0 Å². The van der Waals surface area contributed by atoms with Crippen LogP contribution >= 0.6 is 31.9 Å². The van der Waals surface area contributed by atoms with Gasteiger partial charge in [0.05, 0.1) is 16.6 Å². The van der Waals surface area contributed by atoms with Crippen molar-refractivity contribution in [3.63, 3.8) is 0 Å². The van der Waals surface area contributed by atoms with E-state index in [-0.39, 0.29) is 0 Å². The highest BCUT2D eigenvalue weighted by Gasteiger charge is 2.11. The van der Waals surface area contributed by atoms with E-state index in [1.54, 1.807) is 0 Å². The van der Waals surface area contributed by atoms with Crippen molar-refractivity contribution >= 4 is 31.9 Å². The topological polar surface area (TPSA) is 25.8 Å². The molecule has 0 saturated heterocycles. The van der Waals surface area contributed by atoms with Crippen molar-refractivity contribution < 1.29 is 10.1 Å². The lowest BCUT2D eigenvalue weighted by atomic mass is 10.1. The molecule has 4 heteroatoms. The molecule has 21 heavy (non-hydrogen) atoms. The minimum atomic E-state index is 0.672. The molecule has 2 aromatic carbocycles. The van der Waals surface area contributed by atoms with Crippen LogP contribution in [0.2, 0.25) is 0 Å². The normalized spacial score (nSPS) is 10.7. The number of benzene rings is 2. The summed E-state index contributed by atoms with van der Waals surface area (Å²) >= 11 is 7.12. The van der Waals surface area contributed by atoms with E-state index < -0.39 is 0 Å². The van der Waals surface area contributed by atoms with Gasteiger partial charge in [-0.2, -0.15) is 0 Å². The molecule has 0 aliphatic carbocycles. The number of ether oxygens (including phenoxy) is 1. The van der Waals surface area contributed by atoms with Crippen molar-refractivity contribution in [3.05, 3.63) is 62.0 Å². The molecule has 2 aromatic rings. The van der Waals surface area contributed by atoms with Crippen molar-refractivity contribution in [3.8, 4) is 5.75 Å². The molecule has 0 spiro atoms. The zero-order chi connectivity index (χ0) is 15.2. The maximum absolute atomic E-state index is 5.75. The molecule has 0 aromatic heterocycles. The van der Waals surface area contributed by atoms with Gasteiger partial charge in [-0.05, 0) is 41.9 Å². The van der Waals surface area contributed by atoms with Crippen LogP contribution in [0.5, 0.6) is 5.75 Å². The van der Waals surface area contributed by atoms with Crippen LogP contribution in [0.3, 0.4) is 0 Å². The molecule has 0 aliphatic rings. The second-order valence-electron chi connectivity index (χ2n) is 4.99. The molecule has 2 rings (SSSR count). The summed E-state index contributed by atoms with van der Waals surface area (Å²) in [6, 6.07) is 12.8. The summed E-state index contributed by atoms with van der Waals surface area (Å²) in [6.45, 7) is 6.65. The maximum Gasteiger partial charge on any atom is 0.142 e. The Balaban J connectivity index is 2.03. The van der Waals surface area contributed by atoms with Gasteiger partial charge in [-0.1, -0.05) is 45.8 Å². The molecule has 112 valence electrons. The predicted octanol–water partition coefficient (Wildman–Crippen LogP) is 4.18. The Kier molecular flexibility index (Phi) is 6.27.